The van der Waals surface area contributed by atoms with Crippen LogP contribution in [0, 0.1) is 6.92 Å². The SMILES string of the molecule is CN=C(NCCCNS(C)(=O)=O)NCCc1ncc(C)s1.I. The van der Waals surface area contributed by atoms with E-state index in [-0.39, 0.29) is 24.0 Å². The minimum Gasteiger partial charge on any atom is -0.356 e. The van der Waals surface area contributed by atoms with Crippen LogP contribution in [0.25, 0.3) is 0 Å². The molecule has 1 heterocycles. The van der Waals surface area contributed by atoms with E-state index in [0.717, 1.165) is 24.2 Å². The number of aryl methyl sites for hydroxylation is 1. The van der Waals surface area contributed by atoms with Gasteiger partial charge in [0, 0.05) is 44.2 Å². The van der Waals surface area contributed by atoms with Crippen LogP contribution < -0.4 is 15.4 Å². The summed E-state index contributed by atoms with van der Waals surface area (Å²) in [5, 5.41) is 7.44. The van der Waals surface area contributed by atoms with Crippen LogP contribution in [-0.4, -0.2) is 52.3 Å². The summed E-state index contributed by atoms with van der Waals surface area (Å²) >= 11 is 1.70. The lowest BCUT2D eigenvalue weighted by atomic mass is 10.4. The number of hydrogen-bond donors (Lipinski definition) is 3. The molecule has 0 atom stereocenters. The molecule has 0 aliphatic rings. The van der Waals surface area contributed by atoms with Crippen molar-refractivity contribution < 1.29 is 8.42 Å². The molecule has 10 heteroatoms. The van der Waals surface area contributed by atoms with Crippen molar-refractivity contribution in [2.45, 2.75) is 19.8 Å². The Morgan fingerprint density at radius 3 is 2.55 bits per heavy atom. The van der Waals surface area contributed by atoms with Gasteiger partial charge < -0.3 is 10.6 Å². The molecular weight excluding hydrogens is 437 g/mol. The van der Waals surface area contributed by atoms with Gasteiger partial charge in [0.15, 0.2) is 5.96 Å². The highest BCUT2D eigenvalue weighted by molar-refractivity contribution is 14.0. The van der Waals surface area contributed by atoms with Gasteiger partial charge in [-0.15, -0.1) is 35.3 Å². The fraction of sp³-hybridized carbons (Fsp3) is 0.667. The maximum atomic E-state index is 10.9. The van der Waals surface area contributed by atoms with Gasteiger partial charge >= 0.3 is 0 Å². The van der Waals surface area contributed by atoms with Crippen molar-refractivity contribution in [3.8, 4) is 0 Å². The number of hydrogen-bond acceptors (Lipinski definition) is 5. The number of aliphatic imine (C=N–C) groups is 1. The van der Waals surface area contributed by atoms with Gasteiger partial charge in [0.2, 0.25) is 10.0 Å². The maximum Gasteiger partial charge on any atom is 0.208 e. The van der Waals surface area contributed by atoms with Crippen LogP contribution in [0.5, 0.6) is 0 Å². The van der Waals surface area contributed by atoms with E-state index in [0.29, 0.717) is 25.5 Å². The van der Waals surface area contributed by atoms with Crippen molar-refractivity contribution in [3.05, 3.63) is 16.1 Å². The molecule has 0 bridgehead atoms. The van der Waals surface area contributed by atoms with E-state index in [1.165, 1.54) is 4.88 Å². The van der Waals surface area contributed by atoms with E-state index in [1.54, 1.807) is 18.4 Å². The third kappa shape index (κ3) is 10.3. The van der Waals surface area contributed by atoms with Gasteiger partial charge in [0.1, 0.15) is 0 Å². The molecule has 1 aromatic heterocycles. The van der Waals surface area contributed by atoms with Gasteiger partial charge in [0.05, 0.1) is 11.3 Å². The van der Waals surface area contributed by atoms with E-state index < -0.39 is 10.0 Å². The van der Waals surface area contributed by atoms with Crippen LogP contribution >= 0.6 is 35.3 Å². The molecule has 0 spiro atoms. The fourth-order valence-electron chi connectivity index (χ4n) is 1.58. The Kier molecular flexibility index (Phi) is 10.9. The summed E-state index contributed by atoms with van der Waals surface area (Å²) in [4.78, 5) is 9.62. The number of nitrogens with zero attached hydrogens (tertiary/aromatic N) is 2. The summed E-state index contributed by atoms with van der Waals surface area (Å²) in [7, 11) is -1.40. The molecule has 22 heavy (non-hydrogen) atoms. The van der Waals surface area contributed by atoms with E-state index in [1.807, 2.05) is 13.1 Å². The van der Waals surface area contributed by atoms with E-state index in [9.17, 15) is 8.42 Å². The Balaban J connectivity index is 0.00000441. The van der Waals surface area contributed by atoms with Crippen LogP contribution in [0.4, 0.5) is 0 Å². The zero-order valence-corrected chi connectivity index (χ0v) is 17.0. The van der Waals surface area contributed by atoms with Gasteiger partial charge in [-0.25, -0.2) is 18.1 Å². The van der Waals surface area contributed by atoms with Crippen LogP contribution in [0.3, 0.4) is 0 Å². The lowest BCUT2D eigenvalue weighted by molar-refractivity contribution is 0.584. The van der Waals surface area contributed by atoms with E-state index in [4.69, 9.17) is 0 Å². The molecule has 0 aliphatic heterocycles. The van der Waals surface area contributed by atoms with E-state index in [2.05, 4.69) is 25.3 Å². The minimum absolute atomic E-state index is 0. The van der Waals surface area contributed by atoms with Gasteiger partial charge in [-0.1, -0.05) is 0 Å². The molecule has 0 radical (unpaired) electrons. The van der Waals surface area contributed by atoms with Crippen molar-refractivity contribution in [1.29, 1.82) is 0 Å². The molecule has 128 valence electrons. The minimum atomic E-state index is -3.10. The van der Waals surface area contributed by atoms with Crippen molar-refractivity contribution >= 4 is 51.3 Å². The monoisotopic (exact) mass is 461 g/mol. The van der Waals surface area contributed by atoms with Crippen LogP contribution in [0.15, 0.2) is 11.2 Å². The topological polar surface area (TPSA) is 95.5 Å². The van der Waals surface area contributed by atoms with Gasteiger partial charge in [0.25, 0.3) is 0 Å². The molecule has 1 rings (SSSR count). The first kappa shape index (κ1) is 21.5. The fourth-order valence-corrected chi connectivity index (χ4v) is 2.88. The number of sulfonamides is 1. The number of thiazole rings is 1. The summed E-state index contributed by atoms with van der Waals surface area (Å²) in [6.45, 7) is 3.87. The van der Waals surface area contributed by atoms with E-state index >= 15 is 0 Å². The van der Waals surface area contributed by atoms with Crippen LogP contribution in [0.1, 0.15) is 16.3 Å². The zero-order chi connectivity index (χ0) is 15.7. The van der Waals surface area contributed by atoms with Crippen molar-refractivity contribution in [1.82, 2.24) is 20.3 Å². The summed E-state index contributed by atoms with van der Waals surface area (Å²) in [5.74, 6) is 0.711. The summed E-state index contributed by atoms with van der Waals surface area (Å²) in [6, 6.07) is 0. The second-order valence-electron chi connectivity index (χ2n) is 4.56. The summed E-state index contributed by atoms with van der Waals surface area (Å²) in [6.07, 6.45) is 4.58. The highest BCUT2D eigenvalue weighted by Crippen LogP contribution is 2.10. The second kappa shape index (κ2) is 11.1. The number of guanidine groups is 1. The molecule has 7 nitrogen and oxygen atoms in total. The molecule has 1 aromatic rings. The van der Waals surface area contributed by atoms with Gasteiger partial charge in [-0.3, -0.25) is 4.99 Å². The molecule has 0 saturated carbocycles. The molecule has 0 unspecified atom stereocenters. The predicted molar refractivity (Wildman–Crippen MR) is 103 cm³/mol. The number of rotatable bonds is 8. The average molecular weight is 461 g/mol. The summed E-state index contributed by atoms with van der Waals surface area (Å²) < 4.78 is 24.2. The average Bonchev–Trinajstić information content (AvgIpc) is 2.80. The Labute approximate surface area is 153 Å². The first-order valence-electron chi connectivity index (χ1n) is 6.71. The molecule has 0 saturated heterocycles. The zero-order valence-electron chi connectivity index (χ0n) is 13.0. The maximum absolute atomic E-state index is 10.9. The lowest BCUT2D eigenvalue weighted by Crippen LogP contribution is -2.39. The Morgan fingerprint density at radius 2 is 2.00 bits per heavy atom. The highest BCUT2D eigenvalue weighted by atomic mass is 127. The Bertz CT molecular complexity index is 560. The predicted octanol–water partition coefficient (Wildman–Crippen LogP) is 0.716. The largest absolute Gasteiger partial charge is 0.356 e. The third-order valence-corrected chi connectivity index (χ3v) is 4.24. The molecule has 0 aliphatic carbocycles. The lowest BCUT2D eigenvalue weighted by Gasteiger charge is -2.11. The van der Waals surface area contributed by atoms with Crippen molar-refractivity contribution in [2.75, 3.05) is 32.9 Å². The van der Waals surface area contributed by atoms with Crippen LogP contribution in [0.2, 0.25) is 0 Å². The smallest absolute Gasteiger partial charge is 0.208 e. The first-order valence-corrected chi connectivity index (χ1v) is 9.42. The van der Waals surface area contributed by atoms with Crippen LogP contribution in [-0.2, 0) is 16.4 Å². The molecular formula is C12H24IN5O2S2. The highest BCUT2D eigenvalue weighted by Gasteiger charge is 2.02. The molecule has 0 fully saturated rings. The van der Waals surface area contributed by atoms with Crippen molar-refractivity contribution in [3.63, 3.8) is 0 Å². The third-order valence-electron chi connectivity index (χ3n) is 2.53. The second-order valence-corrected chi connectivity index (χ2v) is 7.71. The quantitative estimate of drug-likeness (QED) is 0.230. The molecule has 0 amide bonds. The van der Waals surface area contributed by atoms with Gasteiger partial charge in [-0.2, -0.15) is 0 Å². The number of halogens is 1. The standard InChI is InChI=1S/C12H23N5O2S2.HI/c1-10-9-16-11(20-10)5-8-15-12(13-2)14-6-4-7-17-21(3,18)19;/h9,17H,4-8H2,1-3H3,(H2,13,14,15);1H. The molecule has 3 N–H and O–H groups in total. The molecule has 0 aromatic carbocycles. The Morgan fingerprint density at radius 1 is 1.32 bits per heavy atom. The first-order chi connectivity index (χ1) is 9.90. The number of nitrogens with one attached hydrogen (secondary N) is 3. The number of aromatic nitrogens is 1. The Hall–Kier alpha value is -0.460. The normalized spacial score (nSPS) is 11.9. The van der Waals surface area contributed by atoms with Crippen molar-refractivity contribution in [2.24, 2.45) is 4.99 Å². The summed E-state index contributed by atoms with van der Waals surface area (Å²) in [5.41, 5.74) is 0. The van der Waals surface area contributed by atoms with Gasteiger partial charge in [-0.05, 0) is 13.3 Å².